The van der Waals surface area contributed by atoms with Crippen LogP contribution in [-0.2, 0) is 20.8 Å². The zero-order valence-corrected chi connectivity index (χ0v) is 12.3. The summed E-state index contributed by atoms with van der Waals surface area (Å²) in [5.74, 6) is -3.14. The Morgan fingerprint density at radius 2 is 2.18 bits per heavy atom. The summed E-state index contributed by atoms with van der Waals surface area (Å²) >= 11 is 5.95. The maximum Gasteiger partial charge on any atom is 0.327 e. The molecule has 0 radical (unpaired) electrons. The minimum Gasteiger partial charge on any atom is -0.480 e. The molecule has 1 aliphatic carbocycles. The number of rotatable bonds is 4. The Labute approximate surface area is 131 Å². The molecule has 3 rings (SSSR count). The molecule has 22 heavy (non-hydrogen) atoms. The molecule has 0 spiro atoms. The number of likely N-dealkylation sites (tertiary alicyclic amines) is 1. The average molecular weight is 324 g/mol. The molecule has 2 aliphatic rings. The van der Waals surface area contributed by atoms with E-state index in [1.807, 2.05) is 0 Å². The summed E-state index contributed by atoms with van der Waals surface area (Å²) in [4.78, 5) is 44.0. The van der Waals surface area contributed by atoms with Gasteiger partial charge in [-0.1, -0.05) is 17.7 Å². The van der Waals surface area contributed by atoms with E-state index >= 15 is 0 Å². The highest BCUT2D eigenvalue weighted by molar-refractivity contribution is 6.30. The SMILES string of the molecule is O=C(O)[C@@H](Cc1cnc[nH]1)N1C(=O)[C@H]2CC(Cl)=CC[C@H]2C1=O. The monoisotopic (exact) mass is 323 g/mol. The number of carbonyl (C=O) groups excluding carboxylic acids is 2. The number of halogens is 1. The Balaban J connectivity index is 1.87. The second-order valence-electron chi connectivity index (χ2n) is 5.49. The first-order valence-electron chi connectivity index (χ1n) is 6.90. The van der Waals surface area contributed by atoms with E-state index in [1.54, 1.807) is 6.08 Å². The molecule has 0 unspecified atom stereocenters. The molecule has 1 aromatic heterocycles. The first-order valence-corrected chi connectivity index (χ1v) is 7.28. The van der Waals surface area contributed by atoms with E-state index in [0.717, 1.165) is 4.90 Å². The smallest absolute Gasteiger partial charge is 0.327 e. The number of nitrogens with zero attached hydrogens (tertiary/aromatic N) is 2. The van der Waals surface area contributed by atoms with E-state index in [1.165, 1.54) is 12.5 Å². The van der Waals surface area contributed by atoms with Crippen LogP contribution in [0.4, 0.5) is 0 Å². The maximum absolute atomic E-state index is 12.5. The van der Waals surface area contributed by atoms with Gasteiger partial charge in [-0.3, -0.25) is 14.5 Å². The highest BCUT2D eigenvalue weighted by Gasteiger charge is 2.52. The van der Waals surface area contributed by atoms with Crippen LogP contribution >= 0.6 is 11.6 Å². The number of H-pyrrole nitrogens is 1. The zero-order chi connectivity index (χ0) is 15.9. The molecule has 1 fully saturated rings. The van der Waals surface area contributed by atoms with Gasteiger partial charge in [0.1, 0.15) is 6.04 Å². The average Bonchev–Trinajstić information content (AvgIpc) is 3.05. The minimum absolute atomic E-state index is 0.00736. The molecule has 1 aromatic rings. The van der Waals surface area contributed by atoms with Crippen LogP contribution in [0.5, 0.6) is 0 Å². The van der Waals surface area contributed by atoms with Gasteiger partial charge < -0.3 is 10.1 Å². The summed E-state index contributed by atoms with van der Waals surface area (Å²) in [5.41, 5.74) is 0.555. The summed E-state index contributed by atoms with van der Waals surface area (Å²) in [6.07, 6.45) is 5.30. The molecule has 1 saturated heterocycles. The van der Waals surface area contributed by atoms with Gasteiger partial charge in [-0.2, -0.15) is 0 Å². The lowest BCUT2D eigenvalue weighted by molar-refractivity contribution is -0.155. The molecule has 0 saturated carbocycles. The third-order valence-corrected chi connectivity index (χ3v) is 4.48. The first-order chi connectivity index (χ1) is 10.5. The fraction of sp³-hybridized carbons (Fsp3) is 0.429. The largest absolute Gasteiger partial charge is 0.480 e. The highest BCUT2D eigenvalue weighted by Crippen LogP contribution is 2.39. The zero-order valence-electron chi connectivity index (χ0n) is 11.5. The molecule has 8 heteroatoms. The van der Waals surface area contributed by atoms with Crippen LogP contribution in [0, 0.1) is 11.8 Å². The molecule has 2 amide bonds. The van der Waals surface area contributed by atoms with Crippen molar-refractivity contribution in [2.45, 2.75) is 25.3 Å². The number of carbonyl (C=O) groups is 3. The van der Waals surface area contributed by atoms with E-state index in [9.17, 15) is 19.5 Å². The highest BCUT2D eigenvalue weighted by atomic mass is 35.5. The van der Waals surface area contributed by atoms with E-state index in [4.69, 9.17) is 11.6 Å². The molecular formula is C14H14ClN3O4. The quantitative estimate of drug-likeness (QED) is 0.802. The number of carboxylic acids is 1. The second kappa shape index (κ2) is 5.57. The molecule has 0 aromatic carbocycles. The Kier molecular flexibility index (Phi) is 3.74. The lowest BCUT2D eigenvalue weighted by Gasteiger charge is -2.22. The maximum atomic E-state index is 12.5. The van der Waals surface area contributed by atoms with Crippen molar-refractivity contribution in [1.29, 1.82) is 0 Å². The van der Waals surface area contributed by atoms with Crippen LogP contribution < -0.4 is 0 Å². The van der Waals surface area contributed by atoms with E-state index in [0.29, 0.717) is 23.6 Å². The molecule has 2 N–H and O–H groups in total. The van der Waals surface area contributed by atoms with Gasteiger partial charge in [-0.25, -0.2) is 9.78 Å². The lowest BCUT2D eigenvalue weighted by Crippen LogP contribution is -2.46. The summed E-state index contributed by atoms with van der Waals surface area (Å²) in [6.45, 7) is 0. The first kappa shape index (κ1) is 14.8. The van der Waals surface area contributed by atoms with Gasteiger partial charge in [0.2, 0.25) is 11.8 Å². The predicted molar refractivity (Wildman–Crippen MR) is 75.7 cm³/mol. The number of allylic oxidation sites excluding steroid dienone is 2. The molecule has 0 bridgehead atoms. The Morgan fingerprint density at radius 1 is 1.45 bits per heavy atom. The fourth-order valence-corrected chi connectivity index (χ4v) is 3.31. The van der Waals surface area contributed by atoms with Crippen LogP contribution in [0.25, 0.3) is 0 Å². The molecule has 3 atom stereocenters. The summed E-state index contributed by atoms with van der Waals surface area (Å²) < 4.78 is 0. The van der Waals surface area contributed by atoms with Gasteiger partial charge in [-0.05, 0) is 12.8 Å². The summed E-state index contributed by atoms with van der Waals surface area (Å²) in [5, 5.41) is 9.98. The third kappa shape index (κ3) is 2.41. The number of aliphatic carboxylic acids is 1. The van der Waals surface area contributed by atoms with Crippen molar-refractivity contribution < 1.29 is 19.5 Å². The molecule has 7 nitrogen and oxygen atoms in total. The normalized spacial score (nSPS) is 25.9. The van der Waals surface area contributed by atoms with Crippen LogP contribution in [0.1, 0.15) is 18.5 Å². The van der Waals surface area contributed by atoms with Crippen molar-refractivity contribution >= 4 is 29.4 Å². The van der Waals surface area contributed by atoms with Crippen molar-refractivity contribution in [1.82, 2.24) is 14.9 Å². The van der Waals surface area contributed by atoms with E-state index in [2.05, 4.69) is 9.97 Å². The topological polar surface area (TPSA) is 103 Å². The van der Waals surface area contributed by atoms with Crippen LogP contribution in [-0.4, -0.2) is 43.8 Å². The van der Waals surface area contributed by atoms with Gasteiger partial charge in [0.25, 0.3) is 0 Å². The Bertz CT molecular complexity index is 655. The van der Waals surface area contributed by atoms with Crippen molar-refractivity contribution in [3.8, 4) is 0 Å². The van der Waals surface area contributed by atoms with E-state index in [-0.39, 0.29) is 6.42 Å². The number of aromatic nitrogens is 2. The van der Waals surface area contributed by atoms with Crippen LogP contribution in [0.2, 0.25) is 0 Å². The van der Waals surface area contributed by atoms with Gasteiger partial charge in [0.15, 0.2) is 0 Å². The van der Waals surface area contributed by atoms with Crippen LogP contribution in [0.3, 0.4) is 0 Å². The lowest BCUT2D eigenvalue weighted by atomic mass is 9.85. The van der Waals surface area contributed by atoms with E-state index < -0.39 is 35.7 Å². The summed E-state index contributed by atoms with van der Waals surface area (Å²) in [7, 11) is 0. The fourth-order valence-electron chi connectivity index (χ4n) is 3.05. The number of imide groups is 1. The molecule has 2 heterocycles. The van der Waals surface area contributed by atoms with Gasteiger partial charge >= 0.3 is 5.97 Å². The number of nitrogens with one attached hydrogen (secondary N) is 1. The number of carboxylic acid groups (broad SMARTS) is 1. The van der Waals surface area contributed by atoms with Crippen molar-refractivity contribution in [3.05, 3.63) is 29.3 Å². The number of hydrogen-bond donors (Lipinski definition) is 2. The molecular weight excluding hydrogens is 310 g/mol. The molecule has 116 valence electrons. The van der Waals surface area contributed by atoms with Crippen molar-refractivity contribution in [2.24, 2.45) is 11.8 Å². The van der Waals surface area contributed by atoms with Gasteiger partial charge in [-0.15, -0.1) is 0 Å². The van der Waals surface area contributed by atoms with Gasteiger partial charge in [0, 0.05) is 23.3 Å². The number of imidazole rings is 1. The van der Waals surface area contributed by atoms with Crippen molar-refractivity contribution in [3.63, 3.8) is 0 Å². The Hall–Kier alpha value is -2.15. The second-order valence-corrected chi connectivity index (χ2v) is 5.97. The van der Waals surface area contributed by atoms with Gasteiger partial charge in [0.05, 0.1) is 18.2 Å². The summed E-state index contributed by atoms with van der Waals surface area (Å²) in [6, 6.07) is -1.23. The number of amides is 2. The van der Waals surface area contributed by atoms with Crippen LogP contribution in [0.15, 0.2) is 23.6 Å². The number of aromatic amines is 1. The molecule has 1 aliphatic heterocycles. The standard InChI is InChI=1S/C14H14ClN3O4/c15-7-1-2-9-10(3-7)13(20)18(12(9)19)11(14(21)22)4-8-5-16-6-17-8/h1,5-6,9-11H,2-4H2,(H,16,17)(H,21,22)/t9-,10+,11-/m1/s1. The minimum atomic E-state index is -1.23. The Morgan fingerprint density at radius 3 is 2.82 bits per heavy atom. The van der Waals surface area contributed by atoms with Crippen molar-refractivity contribution in [2.75, 3.05) is 0 Å². The number of fused-ring (bicyclic) bond motifs is 1. The predicted octanol–water partition coefficient (Wildman–Crippen LogP) is 0.923. The number of hydrogen-bond acceptors (Lipinski definition) is 4. The third-order valence-electron chi connectivity index (χ3n) is 4.17.